The van der Waals surface area contributed by atoms with Crippen molar-refractivity contribution in [1.82, 2.24) is 10.2 Å². The van der Waals surface area contributed by atoms with Crippen molar-refractivity contribution in [3.63, 3.8) is 0 Å². The average molecular weight is 280 g/mol. The Hall–Kier alpha value is -0.800. The quantitative estimate of drug-likeness (QED) is 0.882. The molecule has 0 radical (unpaired) electrons. The molecule has 1 aromatic heterocycles. The van der Waals surface area contributed by atoms with Crippen LogP contribution in [0.2, 0.25) is 0 Å². The molecule has 0 saturated carbocycles. The van der Waals surface area contributed by atoms with Crippen molar-refractivity contribution in [3.8, 4) is 0 Å². The van der Waals surface area contributed by atoms with Crippen molar-refractivity contribution >= 4 is 0 Å². The second kappa shape index (κ2) is 6.31. The summed E-state index contributed by atoms with van der Waals surface area (Å²) in [5, 5.41) is 3.44. The summed E-state index contributed by atoms with van der Waals surface area (Å²) in [6, 6.07) is 4.67. The van der Waals surface area contributed by atoms with Gasteiger partial charge in [0.15, 0.2) is 0 Å². The minimum Gasteiger partial charge on any atom is -0.463 e. The first-order chi connectivity index (χ1) is 8.99. The molecule has 3 nitrogen and oxygen atoms in total. The van der Waals surface area contributed by atoms with E-state index in [4.69, 9.17) is 4.42 Å². The zero-order valence-electron chi connectivity index (χ0n) is 14.5. The zero-order chi connectivity index (χ0) is 15.6. The molecule has 0 fully saturated rings. The van der Waals surface area contributed by atoms with Crippen molar-refractivity contribution in [1.29, 1.82) is 0 Å². The van der Waals surface area contributed by atoms with E-state index in [0.29, 0.717) is 6.04 Å². The standard InChI is InChI=1S/C17H32N2O/c1-13(16(2,3)4)19(8)12-15-10-9-14(20-15)11-18-17(5,6)7/h9-10,13,18H,11-12H2,1-8H3. The van der Waals surface area contributed by atoms with Gasteiger partial charge in [0.2, 0.25) is 0 Å². The zero-order valence-corrected chi connectivity index (χ0v) is 14.5. The third kappa shape index (κ3) is 5.68. The van der Waals surface area contributed by atoms with Crippen LogP contribution in [0.15, 0.2) is 16.5 Å². The molecule has 20 heavy (non-hydrogen) atoms. The third-order valence-electron chi connectivity index (χ3n) is 3.83. The van der Waals surface area contributed by atoms with Gasteiger partial charge in [-0.1, -0.05) is 20.8 Å². The Kier molecular flexibility index (Phi) is 5.45. The normalized spacial score (nSPS) is 14.8. The Morgan fingerprint density at radius 1 is 1.10 bits per heavy atom. The molecule has 0 amide bonds. The van der Waals surface area contributed by atoms with Gasteiger partial charge in [0, 0.05) is 11.6 Å². The van der Waals surface area contributed by atoms with Crippen LogP contribution in [-0.4, -0.2) is 23.5 Å². The van der Waals surface area contributed by atoms with Crippen molar-refractivity contribution < 1.29 is 4.42 Å². The fourth-order valence-corrected chi connectivity index (χ4v) is 2.00. The lowest BCUT2D eigenvalue weighted by Gasteiger charge is -2.34. The molecular weight excluding hydrogens is 248 g/mol. The molecule has 0 saturated heterocycles. The first kappa shape index (κ1) is 17.3. The predicted octanol–water partition coefficient (Wildman–Crippen LogP) is 4.03. The molecule has 1 rings (SSSR count). The number of rotatable bonds is 5. The maximum absolute atomic E-state index is 5.91. The van der Waals surface area contributed by atoms with Gasteiger partial charge in [0.05, 0.1) is 13.1 Å². The highest BCUT2D eigenvalue weighted by Gasteiger charge is 2.24. The smallest absolute Gasteiger partial charge is 0.118 e. The van der Waals surface area contributed by atoms with Crippen LogP contribution in [0.3, 0.4) is 0 Å². The molecule has 1 aromatic rings. The maximum atomic E-state index is 5.91. The molecule has 116 valence electrons. The van der Waals surface area contributed by atoms with Gasteiger partial charge in [-0.15, -0.1) is 0 Å². The molecule has 0 bridgehead atoms. The van der Waals surface area contributed by atoms with E-state index in [1.807, 2.05) is 0 Å². The molecule has 0 aliphatic heterocycles. The minimum absolute atomic E-state index is 0.116. The first-order valence-corrected chi connectivity index (χ1v) is 7.52. The lowest BCUT2D eigenvalue weighted by Crippen LogP contribution is -2.38. The van der Waals surface area contributed by atoms with E-state index in [0.717, 1.165) is 24.6 Å². The molecular formula is C17H32N2O. The molecule has 1 N–H and O–H groups in total. The van der Waals surface area contributed by atoms with Crippen molar-refractivity contribution in [2.75, 3.05) is 7.05 Å². The van der Waals surface area contributed by atoms with Gasteiger partial charge < -0.3 is 9.73 Å². The van der Waals surface area contributed by atoms with Gasteiger partial charge in [-0.05, 0) is 52.3 Å². The Labute approximate surface area is 124 Å². The van der Waals surface area contributed by atoms with Gasteiger partial charge in [0.25, 0.3) is 0 Å². The molecule has 0 aromatic carbocycles. The summed E-state index contributed by atoms with van der Waals surface area (Å²) in [4.78, 5) is 2.35. The summed E-state index contributed by atoms with van der Waals surface area (Å²) < 4.78 is 5.91. The highest BCUT2D eigenvalue weighted by molar-refractivity contribution is 5.07. The van der Waals surface area contributed by atoms with Crippen LogP contribution >= 0.6 is 0 Å². The molecule has 1 heterocycles. The predicted molar refractivity (Wildman–Crippen MR) is 85.7 cm³/mol. The molecule has 0 aliphatic rings. The van der Waals surface area contributed by atoms with Crippen molar-refractivity contribution in [3.05, 3.63) is 23.7 Å². The maximum Gasteiger partial charge on any atom is 0.118 e. The average Bonchev–Trinajstić information content (AvgIpc) is 2.71. The van der Waals surface area contributed by atoms with Crippen molar-refractivity contribution in [2.45, 2.75) is 73.1 Å². The van der Waals surface area contributed by atoms with Crippen LogP contribution < -0.4 is 5.32 Å². The second-order valence-corrected chi connectivity index (χ2v) is 7.93. The van der Waals surface area contributed by atoms with E-state index in [-0.39, 0.29) is 11.0 Å². The van der Waals surface area contributed by atoms with Crippen LogP contribution in [-0.2, 0) is 13.1 Å². The number of hydrogen-bond donors (Lipinski definition) is 1. The SMILES string of the molecule is CC(N(C)Cc1ccc(CNC(C)(C)C)o1)C(C)(C)C. The minimum atomic E-state index is 0.116. The largest absolute Gasteiger partial charge is 0.463 e. The summed E-state index contributed by atoms with van der Waals surface area (Å²) >= 11 is 0. The molecule has 1 unspecified atom stereocenters. The summed E-state index contributed by atoms with van der Waals surface area (Å²) in [7, 11) is 2.16. The van der Waals surface area contributed by atoms with E-state index in [9.17, 15) is 0 Å². The van der Waals surface area contributed by atoms with E-state index < -0.39 is 0 Å². The molecule has 0 spiro atoms. The van der Waals surface area contributed by atoms with Crippen LogP contribution in [0.25, 0.3) is 0 Å². The van der Waals surface area contributed by atoms with Gasteiger partial charge in [-0.25, -0.2) is 0 Å². The van der Waals surface area contributed by atoms with Gasteiger partial charge in [-0.2, -0.15) is 0 Å². The summed E-state index contributed by atoms with van der Waals surface area (Å²) in [5.41, 5.74) is 0.391. The Morgan fingerprint density at radius 3 is 2.15 bits per heavy atom. The van der Waals surface area contributed by atoms with Gasteiger partial charge in [-0.3, -0.25) is 4.90 Å². The van der Waals surface area contributed by atoms with E-state index in [2.05, 4.69) is 77.9 Å². The highest BCUT2D eigenvalue weighted by Crippen LogP contribution is 2.24. The van der Waals surface area contributed by atoms with Crippen LogP contribution in [0.4, 0.5) is 0 Å². The monoisotopic (exact) mass is 280 g/mol. The number of nitrogens with zero attached hydrogens (tertiary/aromatic N) is 1. The topological polar surface area (TPSA) is 28.4 Å². The lowest BCUT2D eigenvalue weighted by atomic mass is 9.87. The Morgan fingerprint density at radius 2 is 1.65 bits per heavy atom. The number of furan rings is 1. The van der Waals surface area contributed by atoms with E-state index >= 15 is 0 Å². The van der Waals surface area contributed by atoms with Gasteiger partial charge >= 0.3 is 0 Å². The molecule has 1 atom stereocenters. The summed E-state index contributed by atoms with van der Waals surface area (Å²) in [5.74, 6) is 2.04. The molecule has 0 aliphatic carbocycles. The fraction of sp³-hybridized carbons (Fsp3) is 0.765. The Balaban J connectivity index is 2.56. The number of nitrogens with one attached hydrogen (secondary N) is 1. The fourth-order valence-electron chi connectivity index (χ4n) is 2.00. The van der Waals surface area contributed by atoms with Crippen molar-refractivity contribution in [2.24, 2.45) is 5.41 Å². The summed E-state index contributed by atoms with van der Waals surface area (Å²) in [6.45, 7) is 17.2. The second-order valence-electron chi connectivity index (χ2n) is 7.93. The van der Waals surface area contributed by atoms with E-state index in [1.165, 1.54) is 0 Å². The van der Waals surface area contributed by atoms with Gasteiger partial charge in [0.1, 0.15) is 11.5 Å². The number of hydrogen-bond acceptors (Lipinski definition) is 3. The molecule has 3 heteroatoms. The first-order valence-electron chi connectivity index (χ1n) is 7.52. The van der Waals surface area contributed by atoms with Crippen LogP contribution in [0, 0.1) is 5.41 Å². The lowest BCUT2D eigenvalue weighted by molar-refractivity contribution is 0.126. The summed E-state index contributed by atoms with van der Waals surface area (Å²) in [6.07, 6.45) is 0. The Bertz CT molecular complexity index is 409. The third-order valence-corrected chi connectivity index (χ3v) is 3.83. The van der Waals surface area contributed by atoms with E-state index in [1.54, 1.807) is 0 Å². The van der Waals surface area contributed by atoms with Crippen LogP contribution in [0.5, 0.6) is 0 Å². The van der Waals surface area contributed by atoms with Crippen LogP contribution in [0.1, 0.15) is 60.0 Å². The highest BCUT2D eigenvalue weighted by atomic mass is 16.3.